The van der Waals surface area contributed by atoms with Crippen molar-refractivity contribution in [2.45, 2.75) is 0 Å². The molecule has 0 spiro atoms. The molecule has 1 heterocycles. The highest BCUT2D eigenvalue weighted by Crippen LogP contribution is 2.12. The smallest absolute Gasteiger partial charge is 0.410 e. The van der Waals surface area contributed by atoms with Gasteiger partial charge in [0.1, 0.15) is 5.75 Å². The molecule has 0 saturated heterocycles. The molecule has 0 aliphatic heterocycles. The molecule has 86 valence electrons. The Hall–Kier alpha value is -2.43. The van der Waals surface area contributed by atoms with Crippen LogP contribution in [0.15, 0.2) is 48.7 Å². The van der Waals surface area contributed by atoms with E-state index in [4.69, 9.17) is 4.74 Å². The van der Waals surface area contributed by atoms with Crippen LogP contribution in [0.5, 0.6) is 5.75 Å². The second-order valence-corrected chi connectivity index (χ2v) is 3.16. The molecule has 2 aromatic rings. The summed E-state index contributed by atoms with van der Waals surface area (Å²) in [6, 6.07) is 11.1. The highest BCUT2D eigenvalue weighted by molar-refractivity contribution is 5.85. The van der Waals surface area contributed by atoms with Crippen molar-refractivity contribution in [3.05, 3.63) is 54.5 Å². The predicted octanol–water partition coefficient (Wildman–Crippen LogP) is 2.83. The molecule has 4 nitrogen and oxygen atoms in total. The molecule has 1 amide bonds. The normalized spacial score (nSPS) is 9.71. The minimum Gasteiger partial charge on any atom is -0.410 e. The molecular formula is C12H9FN2O2. The number of anilines is 1. The first kappa shape index (κ1) is 11.1. The summed E-state index contributed by atoms with van der Waals surface area (Å²) < 4.78 is 18.1. The highest BCUT2D eigenvalue weighted by atomic mass is 19.1. The number of carbonyl (C=O) groups is 1. The van der Waals surface area contributed by atoms with Crippen LogP contribution in [0.25, 0.3) is 0 Å². The molecular weight excluding hydrogens is 223 g/mol. The Labute approximate surface area is 97.1 Å². The summed E-state index contributed by atoms with van der Waals surface area (Å²) in [5.41, 5.74) is 0. The molecule has 0 unspecified atom stereocenters. The van der Waals surface area contributed by atoms with Gasteiger partial charge < -0.3 is 4.74 Å². The summed E-state index contributed by atoms with van der Waals surface area (Å²) in [6.45, 7) is 0. The van der Waals surface area contributed by atoms with Crippen molar-refractivity contribution >= 4 is 11.9 Å². The fraction of sp³-hybridized carbons (Fsp3) is 0. The van der Waals surface area contributed by atoms with E-state index in [2.05, 4.69) is 10.3 Å². The molecule has 0 fully saturated rings. The lowest BCUT2D eigenvalue weighted by Gasteiger charge is -2.05. The zero-order valence-electron chi connectivity index (χ0n) is 8.76. The van der Waals surface area contributed by atoms with Crippen LogP contribution in [0, 0.1) is 5.82 Å². The third kappa shape index (κ3) is 3.01. The van der Waals surface area contributed by atoms with E-state index in [1.165, 1.54) is 18.3 Å². The number of hydrogen-bond acceptors (Lipinski definition) is 3. The van der Waals surface area contributed by atoms with Crippen molar-refractivity contribution in [1.82, 2.24) is 4.98 Å². The molecule has 0 aliphatic rings. The quantitative estimate of drug-likeness (QED) is 0.866. The summed E-state index contributed by atoms with van der Waals surface area (Å²) in [4.78, 5) is 15.1. The molecule has 0 saturated carbocycles. The van der Waals surface area contributed by atoms with Crippen LogP contribution in [0.3, 0.4) is 0 Å². The van der Waals surface area contributed by atoms with E-state index >= 15 is 0 Å². The second kappa shape index (κ2) is 5.07. The Kier molecular flexibility index (Phi) is 3.30. The average Bonchev–Trinajstić information content (AvgIpc) is 2.33. The van der Waals surface area contributed by atoms with Gasteiger partial charge in [0.25, 0.3) is 0 Å². The Morgan fingerprint density at radius 1 is 1.18 bits per heavy atom. The summed E-state index contributed by atoms with van der Waals surface area (Å²) in [5.74, 6) is -0.396. The zero-order chi connectivity index (χ0) is 12.1. The molecule has 0 bridgehead atoms. The Balaban J connectivity index is 2.01. The van der Waals surface area contributed by atoms with Crippen LogP contribution in [-0.4, -0.2) is 11.1 Å². The van der Waals surface area contributed by atoms with Gasteiger partial charge in [-0.15, -0.1) is 0 Å². The number of aromatic nitrogens is 1. The Morgan fingerprint density at radius 2 is 1.94 bits per heavy atom. The highest BCUT2D eigenvalue weighted by Gasteiger charge is 2.08. The summed E-state index contributed by atoms with van der Waals surface area (Å²) in [6.07, 6.45) is 0.593. The fourth-order valence-corrected chi connectivity index (χ4v) is 1.20. The van der Waals surface area contributed by atoms with E-state index < -0.39 is 11.9 Å². The lowest BCUT2D eigenvalue weighted by Crippen LogP contribution is -2.18. The number of benzene rings is 1. The van der Waals surface area contributed by atoms with Gasteiger partial charge in [0.05, 0.1) is 0 Å². The number of nitrogens with one attached hydrogen (secondary N) is 1. The van der Waals surface area contributed by atoms with Crippen LogP contribution in [0.1, 0.15) is 0 Å². The van der Waals surface area contributed by atoms with Gasteiger partial charge in [0.2, 0.25) is 0 Å². The molecule has 0 aliphatic carbocycles. The first-order chi connectivity index (χ1) is 8.25. The molecule has 17 heavy (non-hydrogen) atoms. The minimum absolute atomic E-state index is 0.159. The van der Waals surface area contributed by atoms with Crippen LogP contribution in [0.4, 0.5) is 15.0 Å². The van der Waals surface area contributed by atoms with Gasteiger partial charge in [-0.1, -0.05) is 18.2 Å². The molecule has 1 aromatic heterocycles. The number of halogens is 1. The fourth-order valence-electron chi connectivity index (χ4n) is 1.20. The number of pyridine rings is 1. The maximum Gasteiger partial charge on any atom is 0.418 e. The van der Waals surface area contributed by atoms with Crippen molar-refractivity contribution in [3.63, 3.8) is 0 Å². The lowest BCUT2D eigenvalue weighted by molar-refractivity contribution is 0.215. The third-order valence-electron chi connectivity index (χ3n) is 1.93. The maximum absolute atomic E-state index is 13.2. The van der Waals surface area contributed by atoms with Gasteiger partial charge in [-0.25, -0.2) is 14.2 Å². The lowest BCUT2D eigenvalue weighted by atomic mass is 10.3. The standard InChI is InChI=1S/C12H9FN2O2/c13-10-7-4-8-14-11(10)15-12(16)17-9-5-2-1-3-6-9/h1-8H,(H,14,15,16). The summed E-state index contributed by atoms with van der Waals surface area (Å²) in [5, 5.41) is 2.21. The average molecular weight is 232 g/mol. The monoisotopic (exact) mass is 232 g/mol. The molecule has 1 aromatic carbocycles. The Morgan fingerprint density at radius 3 is 2.65 bits per heavy atom. The van der Waals surface area contributed by atoms with E-state index in [1.54, 1.807) is 30.3 Å². The molecule has 2 rings (SSSR count). The number of rotatable bonds is 2. The van der Waals surface area contributed by atoms with E-state index in [9.17, 15) is 9.18 Å². The number of carbonyl (C=O) groups excluding carboxylic acids is 1. The maximum atomic E-state index is 13.2. The van der Waals surface area contributed by atoms with E-state index in [1.807, 2.05) is 0 Å². The Bertz CT molecular complexity index is 517. The van der Waals surface area contributed by atoms with Crippen molar-refractivity contribution in [2.75, 3.05) is 5.32 Å². The van der Waals surface area contributed by atoms with Crippen LogP contribution < -0.4 is 10.1 Å². The first-order valence-corrected chi connectivity index (χ1v) is 4.90. The number of amides is 1. The zero-order valence-corrected chi connectivity index (χ0v) is 8.76. The number of hydrogen-bond donors (Lipinski definition) is 1. The van der Waals surface area contributed by atoms with E-state index in [0.29, 0.717) is 5.75 Å². The number of nitrogens with zero attached hydrogens (tertiary/aromatic N) is 1. The number of ether oxygens (including phenoxy) is 1. The van der Waals surface area contributed by atoms with E-state index in [0.717, 1.165) is 0 Å². The van der Waals surface area contributed by atoms with Gasteiger partial charge in [0.15, 0.2) is 11.6 Å². The van der Waals surface area contributed by atoms with Crippen molar-refractivity contribution < 1.29 is 13.9 Å². The first-order valence-electron chi connectivity index (χ1n) is 4.90. The molecule has 0 radical (unpaired) electrons. The van der Waals surface area contributed by atoms with Gasteiger partial charge in [-0.3, -0.25) is 5.32 Å². The van der Waals surface area contributed by atoms with Gasteiger partial charge in [-0.05, 0) is 24.3 Å². The summed E-state index contributed by atoms with van der Waals surface area (Å²) >= 11 is 0. The van der Waals surface area contributed by atoms with Gasteiger partial charge >= 0.3 is 6.09 Å². The number of para-hydroxylation sites is 1. The van der Waals surface area contributed by atoms with Crippen molar-refractivity contribution in [3.8, 4) is 5.75 Å². The predicted molar refractivity (Wildman–Crippen MR) is 60.3 cm³/mol. The van der Waals surface area contributed by atoms with Crippen LogP contribution >= 0.6 is 0 Å². The van der Waals surface area contributed by atoms with Crippen LogP contribution in [-0.2, 0) is 0 Å². The van der Waals surface area contributed by atoms with Gasteiger partial charge in [-0.2, -0.15) is 0 Å². The SMILES string of the molecule is O=C(Nc1ncccc1F)Oc1ccccc1. The topological polar surface area (TPSA) is 51.2 Å². The van der Waals surface area contributed by atoms with Crippen LogP contribution in [0.2, 0.25) is 0 Å². The minimum atomic E-state index is -0.784. The second-order valence-electron chi connectivity index (χ2n) is 3.16. The van der Waals surface area contributed by atoms with Gasteiger partial charge in [0, 0.05) is 6.20 Å². The largest absolute Gasteiger partial charge is 0.418 e. The van der Waals surface area contributed by atoms with Crippen molar-refractivity contribution in [1.29, 1.82) is 0 Å². The van der Waals surface area contributed by atoms with E-state index in [-0.39, 0.29) is 5.82 Å². The molecule has 1 N–H and O–H groups in total. The molecule has 0 atom stereocenters. The molecule has 5 heteroatoms. The van der Waals surface area contributed by atoms with Crippen molar-refractivity contribution in [2.24, 2.45) is 0 Å². The summed E-state index contributed by atoms with van der Waals surface area (Å²) in [7, 11) is 0. The third-order valence-corrected chi connectivity index (χ3v) is 1.93.